The van der Waals surface area contributed by atoms with E-state index in [1.807, 2.05) is 0 Å². The van der Waals surface area contributed by atoms with Gasteiger partial charge in [0, 0.05) is 13.2 Å². The molecule has 3 heteroatoms. The van der Waals surface area contributed by atoms with Crippen molar-refractivity contribution in [3.8, 4) is 0 Å². The Labute approximate surface area is 86.2 Å². The van der Waals surface area contributed by atoms with Crippen molar-refractivity contribution in [2.24, 2.45) is 5.41 Å². The molecule has 1 fully saturated rings. The molecule has 1 rings (SSSR count). The van der Waals surface area contributed by atoms with Gasteiger partial charge in [-0.3, -0.25) is 4.79 Å². The Morgan fingerprint density at radius 3 is 2.86 bits per heavy atom. The Bertz CT molecular complexity index is 201. The summed E-state index contributed by atoms with van der Waals surface area (Å²) in [7, 11) is 1.55. The highest BCUT2D eigenvalue weighted by Gasteiger charge is 2.28. The Morgan fingerprint density at radius 1 is 1.57 bits per heavy atom. The maximum Gasteiger partial charge on any atom is 0.246 e. The molecule has 1 aliphatic carbocycles. The van der Waals surface area contributed by atoms with Crippen LogP contribution in [0, 0.1) is 5.41 Å². The summed E-state index contributed by atoms with van der Waals surface area (Å²) in [5, 5.41) is 3.01. The van der Waals surface area contributed by atoms with Crippen LogP contribution in [0.1, 0.15) is 39.5 Å². The van der Waals surface area contributed by atoms with Gasteiger partial charge in [-0.05, 0) is 24.7 Å². The minimum Gasteiger partial charge on any atom is -0.375 e. The van der Waals surface area contributed by atoms with Crippen molar-refractivity contribution >= 4 is 5.91 Å². The molecule has 1 unspecified atom stereocenters. The predicted octanol–water partition coefficient (Wildman–Crippen LogP) is 1.72. The van der Waals surface area contributed by atoms with Crippen LogP contribution in [0.5, 0.6) is 0 Å². The van der Waals surface area contributed by atoms with Crippen LogP contribution in [0.4, 0.5) is 0 Å². The number of nitrogens with one attached hydrogen (secondary N) is 1. The first-order valence-corrected chi connectivity index (χ1v) is 5.32. The summed E-state index contributed by atoms with van der Waals surface area (Å²) >= 11 is 0. The lowest BCUT2D eigenvalue weighted by Gasteiger charge is -2.35. The van der Waals surface area contributed by atoms with Crippen LogP contribution in [0.25, 0.3) is 0 Å². The minimum absolute atomic E-state index is 0.00944. The molecule has 0 aromatic heterocycles. The van der Waals surface area contributed by atoms with E-state index in [1.54, 1.807) is 7.11 Å². The minimum atomic E-state index is 0.00944. The molecule has 14 heavy (non-hydrogen) atoms. The second-order valence-electron chi connectivity index (χ2n) is 4.96. The fraction of sp³-hybridized carbons (Fsp3) is 0.909. The van der Waals surface area contributed by atoms with Crippen LogP contribution in [-0.2, 0) is 9.53 Å². The average molecular weight is 199 g/mol. The first kappa shape index (κ1) is 11.5. The summed E-state index contributed by atoms with van der Waals surface area (Å²) in [4.78, 5) is 11.3. The molecule has 3 nitrogen and oxygen atoms in total. The van der Waals surface area contributed by atoms with Crippen molar-refractivity contribution in [3.63, 3.8) is 0 Å². The number of hydrogen-bond acceptors (Lipinski definition) is 2. The first-order chi connectivity index (χ1) is 6.53. The van der Waals surface area contributed by atoms with E-state index in [2.05, 4.69) is 19.2 Å². The molecule has 1 N–H and O–H groups in total. The van der Waals surface area contributed by atoms with Crippen LogP contribution < -0.4 is 5.32 Å². The molecule has 1 aliphatic rings. The van der Waals surface area contributed by atoms with Gasteiger partial charge < -0.3 is 10.1 Å². The van der Waals surface area contributed by atoms with Crippen LogP contribution in [-0.4, -0.2) is 25.7 Å². The maximum atomic E-state index is 11.3. The number of ether oxygens (including phenoxy) is 1. The molecule has 0 bridgehead atoms. The van der Waals surface area contributed by atoms with Crippen LogP contribution in [0.2, 0.25) is 0 Å². The van der Waals surface area contributed by atoms with Crippen molar-refractivity contribution in [3.05, 3.63) is 0 Å². The second kappa shape index (κ2) is 4.78. The van der Waals surface area contributed by atoms with Crippen molar-refractivity contribution in [1.82, 2.24) is 5.32 Å². The highest BCUT2D eigenvalue weighted by atomic mass is 16.5. The first-order valence-electron chi connectivity index (χ1n) is 5.32. The van der Waals surface area contributed by atoms with Gasteiger partial charge in [0.1, 0.15) is 6.61 Å². The zero-order chi connectivity index (χ0) is 10.6. The van der Waals surface area contributed by atoms with Gasteiger partial charge in [0.2, 0.25) is 5.91 Å². The summed E-state index contributed by atoms with van der Waals surface area (Å²) in [5.74, 6) is 0.00944. The molecule has 0 spiro atoms. The number of rotatable bonds is 3. The number of carbonyl (C=O) groups is 1. The van der Waals surface area contributed by atoms with Crippen LogP contribution in [0.15, 0.2) is 0 Å². The topological polar surface area (TPSA) is 38.3 Å². The quantitative estimate of drug-likeness (QED) is 0.751. The highest BCUT2D eigenvalue weighted by Crippen LogP contribution is 2.34. The van der Waals surface area contributed by atoms with Crippen molar-refractivity contribution in [1.29, 1.82) is 0 Å². The van der Waals surface area contributed by atoms with E-state index in [-0.39, 0.29) is 12.5 Å². The number of carbonyl (C=O) groups excluding carboxylic acids is 1. The molecule has 1 amide bonds. The molecule has 0 saturated heterocycles. The van der Waals surface area contributed by atoms with Gasteiger partial charge in [0.05, 0.1) is 0 Å². The fourth-order valence-corrected chi connectivity index (χ4v) is 2.22. The fourth-order valence-electron chi connectivity index (χ4n) is 2.22. The molecule has 0 heterocycles. The van der Waals surface area contributed by atoms with E-state index in [4.69, 9.17) is 4.74 Å². The third kappa shape index (κ3) is 3.66. The highest BCUT2D eigenvalue weighted by molar-refractivity contribution is 5.77. The Morgan fingerprint density at radius 2 is 2.29 bits per heavy atom. The van der Waals surface area contributed by atoms with Gasteiger partial charge in [-0.25, -0.2) is 0 Å². The largest absolute Gasteiger partial charge is 0.375 e. The third-order valence-corrected chi connectivity index (χ3v) is 2.85. The molecule has 0 aliphatic heterocycles. The molecule has 82 valence electrons. The van der Waals surface area contributed by atoms with E-state index in [9.17, 15) is 4.79 Å². The summed E-state index contributed by atoms with van der Waals surface area (Å²) < 4.78 is 4.79. The van der Waals surface area contributed by atoms with Gasteiger partial charge in [-0.2, -0.15) is 0 Å². The molecule has 0 aromatic carbocycles. The van der Waals surface area contributed by atoms with Gasteiger partial charge in [-0.1, -0.05) is 20.3 Å². The summed E-state index contributed by atoms with van der Waals surface area (Å²) in [5.41, 5.74) is 0.378. The number of methoxy groups -OCH3 is 1. The van der Waals surface area contributed by atoms with Crippen molar-refractivity contribution in [2.45, 2.75) is 45.6 Å². The predicted molar refractivity (Wildman–Crippen MR) is 56.1 cm³/mol. The lowest BCUT2D eigenvalue weighted by molar-refractivity contribution is -0.125. The maximum absolute atomic E-state index is 11.3. The van der Waals surface area contributed by atoms with Crippen molar-refractivity contribution in [2.75, 3.05) is 13.7 Å². The Kier molecular flexibility index (Phi) is 3.93. The molecule has 0 radical (unpaired) electrons. The van der Waals surface area contributed by atoms with E-state index in [1.165, 1.54) is 12.8 Å². The zero-order valence-electron chi connectivity index (χ0n) is 9.43. The van der Waals surface area contributed by atoms with Crippen molar-refractivity contribution < 1.29 is 9.53 Å². The smallest absolute Gasteiger partial charge is 0.246 e. The third-order valence-electron chi connectivity index (χ3n) is 2.85. The molecular weight excluding hydrogens is 178 g/mol. The summed E-state index contributed by atoms with van der Waals surface area (Å²) in [6.45, 7) is 4.71. The standard InChI is InChI=1S/C11H21NO2/c1-11(2)6-4-5-9(7-11)12-10(13)8-14-3/h9H,4-8H2,1-3H3,(H,12,13). The van der Waals surface area contributed by atoms with Crippen LogP contribution in [0.3, 0.4) is 0 Å². The van der Waals surface area contributed by atoms with E-state index in [0.29, 0.717) is 11.5 Å². The Balaban J connectivity index is 2.34. The zero-order valence-corrected chi connectivity index (χ0v) is 9.43. The summed E-state index contributed by atoms with van der Waals surface area (Å²) in [6.07, 6.45) is 4.68. The van der Waals surface area contributed by atoms with Crippen LogP contribution >= 0.6 is 0 Å². The molecule has 1 saturated carbocycles. The monoisotopic (exact) mass is 199 g/mol. The van der Waals surface area contributed by atoms with Gasteiger partial charge >= 0.3 is 0 Å². The van der Waals surface area contributed by atoms with E-state index in [0.717, 1.165) is 12.8 Å². The van der Waals surface area contributed by atoms with E-state index >= 15 is 0 Å². The van der Waals surface area contributed by atoms with Gasteiger partial charge in [0.15, 0.2) is 0 Å². The molecular formula is C11H21NO2. The van der Waals surface area contributed by atoms with Gasteiger partial charge in [0.25, 0.3) is 0 Å². The lowest BCUT2D eigenvalue weighted by Crippen LogP contribution is -2.42. The number of hydrogen-bond donors (Lipinski definition) is 1. The molecule has 1 atom stereocenters. The normalized spacial score (nSPS) is 25.8. The summed E-state index contributed by atoms with van der Waals surface area (Å²) in [6, 6.07) is 0.349. The second-order valence-corrected chi connectivity index (χ2v) is 4.96. The molecule has 0 aromatic rings. The van der Waals surface area contributed by atoms with E-state index < -0.39 is 0 Å². The number of amides is 1. The average Bonchev–Trinajstić information content (AvgIpc) is 2.02. The lowest BCUT2D eigenvalue weighted by atomic mass is 9.75. The SMILES string of the molecule is COCC(=O)NC1CCCC(C)(C)C1. The Hall–Kier alpha value is -0.570. The van der Waals surface area contributed by atoms with Gasteiger partial charge in [-0.15, -0.1) is 0 Å².